The monoisotopic (exact) mass is 588 g/mol. The van der Waals surface area contributed by atoms with Gasteiger partial charge >= 0.3 is 0 Å². The number of aliphatic hydroxyl groups is 2. The van der Waals surface area contributed by atoms with Crippen LogP contribution in [0.1, 0.15) is 55.3 Å². The van der Waals surface area contributed by atoms with E-state index in [-0.39, 0.29) is 11.7 Å². The zero-order valence-electron chi connectivity index (χ0n) is 24.6. The van der Waals surface area contributed by atoms with Gasteiger partial charge in [0.1, 0.15) is 34.2 Å². The van der Waals surface area contributed by atoms with Crippen molar-refractivity contribution in [1.82, 2.24) is 24.6 Å². The normalized spacial score (nSPS) is 18.5. The number of nitrogens with one attached hydrogen (secondary N) is 1. The van der Waals surface area contributed by atoms with Crippen LogP contribution in [0, 0.1) is 5.82 Å². The van der Waals surface area contributed by atoms with Crippen molar-refractivity contribution >= 4 is 22.5 Å². The summed E-state index contributed by atoms with van der Waals surface area (Å²) in [6.45, 7) is 3.67. The topological polar surface area (TPSA) is 136 Å². The fourth-order valence-corrected chi connectivity index (χ4v) is 5.48. The minimum absolute atomic E-state index is 0.154. The molecule has 12 heteroatoms. The Morgan fingerprint density at radius 3 is 2.44 bits per heavy atom. The zero-order chi connectivity index (χ0) is 30.5. The lowest BCUT2D eigenvalue weighted by Gasteiger charge is -2.42. The van der Waals surface area contributed by atoms with E-state index in [4.69, 9.17) is 29.3 Å². The summed E-state index contributed by atoms with van der Waals surface area (Å²) >= 11 is 0. The summed E-state index contributed by atoms with van der Waals surface area (Å²) in [4.78, 5) is 13.9. The van der Waals surface area contributed by atoms with Crippen molar-refractivity contribution in [2.75, 3.05) is 26.6 Å². The van der Waals surface area contributed by atoms with Gasteiger partial charge in [-0.05, 0) is 51.0 Å². The molecular weight excluding hydrogens is 555 g/mol. The summed E-state index contributed by atoms with van der Waals surface area (Å²) in [5.74, 6) is 1.83. The minimum atomic E-state index is -1.10. The molecule has 11 nitrogen and oxygen atoms in total. The molecule has 0 saturated heterocycles. The number of benzene rings is 2. The lowest BCUT2D eigenvalue weighted by Crippen LogP contribution is -2.40. The molecule has 0 unspecified atom stereocenters. The Balaban J connectivity index is 1.35. The van der Waals surface area contributed by atoms with Gasteiger partial charge in [0.2, 0.25) is 5.95 Å². The van der Waals surface area contributed by atoms with Crippen LogP contribution in [0.3, 0.4) is 0 Å². The number of pyridine rings is 1. The molecule has 0 bridgehead atoms. The van der Waals surface area contributed by atoms with Crippen LogP contribution in [0.5, 0.6) is 17.2 Å². The van der Waals surface area contributed by atoms with Crippen molar-refractivity contribution in [2.24, 2.45) is 0 Å². The molecule has 0 aliphatic heterocycles. The highest BCUT2D eigenvalue weighted by atomic mass is 19.1. The highest BCUT2D eigenvalue weighted by molar-refractivity contribution is 5.96. The summed E-state index contributed by atoms with van der Waals surface area (Å²) in [5, 5.41) is 30.1. The first-order valence-corrected chi connectivity index (χ1v) is 13.8. The van der Waals surface area contributed by atoms with Crippen molar-refractivity contribution in [3.8, 4) is 17.2 Å². The smallest absolute Gasteiger partial charge is 0.226 e. The van der Waals surface area contributed by atoms with Crippen LogP contribution in [-0.2, 0) is 17.7 Å². The van der Waals surface area contributed by atoms with Crippen LogP contribution in [0.25, 0.3) is 16.6 Å². The molecule has 43 heavy (non-hydrogen) atoms. The van der Waals surface area contributed by atoms with E-state index in [1.807, 2.05) is 12.1 Å². The SMILES string of the molecule is COc1ccc(CNc2nc3c(OC)cc(F)cc3c3nc([C@H]4C[C@](O)(c5ccc(C(C)(C)O)nc5)C4)nn23)c(OC)c1. The second-order valence-electron chi connectivity index (χ2n) is 11.3. The number of aromatic nitrogens is 5. The van der Waals surface area contributed by atoms with E-state index in [0.717, 1.165) is 5.56 Å². The van der Waals surface area contributed by atoms with Gasteiger partial charge in [-0.2, -0.15) is 4.52 Å². The number of hydrogen-bond donors (Lipinski definition) is 3. The maximum Gasteiger partial charge on any atom is 0.226 e. The standard InChI is InChI=1S/C31H33FN6O5/c1-30(2,39)25-9-7-19(16-33-25)31(40)13-18(14-31)27-36-28-22-10-20(32)11-24(43-5)26(22)35-29(38(28)37-27)34-15-17-6-8-21(41-3)12-23(17)42-4/h6-12,16,18,39-40H,13-15H2,1-5H3,(H,34,35)/t18-,31+. The summed E-state index contributed by atoms with van der Waals surface area (Å²) in [6.07, 6.45) is 2.35. The fraction of sp³-hybridized carbons (Fsp3) is 0.355. The van der Waals surface area contributed by atoms with E-state index in [9.17, 15) is 14.6 Å². The van der Waals surface area contributed by atoms with Gasteiger partial charge in [-0.25, -0.2) is 14.4 Å². The molecule has 224 valence electrons. The first-order chi connectivity index (χ1) is 20.5. The van der Waals surface area contributed by atoms with Gasteiger partial charge in [0.05, 0.1) is 38.0 Å². The van der Waals surface area contributed by atoms with Crippen LogP contribution >= 0.6 is 0 Å². The number of halogens is 1. The Morgan fingerprint density at radius 2 is 1.79 bits per heavy atom. The zero-order valence-corrected chi connectivity index (χ0v) is 24.6. The molecule has 1 saturated carbocycles. The summed E-state index contributed by atoms with van der Waals surface area (Å²) in [5.41, 5.74) is 0.707. The Kier molecular flexibility index (Phi) is 7.05. The first kappa shape index (κ1) is 28.6. The summed E-state index contributed by atoms with van der Waals surface area (Å²) in [7, 11) is 4.64. The Hall–Kier alpha value is -4.55. The third-order valence-electron chi connectivity index (χ3n) is 7.93. The van der Waals surface area contributed by atoms with Gasteiger partial charge in [0.15, 0.2) is 11.5 Å². The van der Waals surface area contributed by atoms with Crippen molar-refractivity contribution in [3.63, 3.8) is 0 Å². The quantitative estimate of drug-likeness (QED) is 0.227. The van der Waals surface area contributed by atoms with Crippen LogP contribution in [0.15, 0.2) is 48.7 Å². The van der Waals surface area contributed by atoms with Gasteiger partial charge in [-0.3, -0.25) is 4.98 Å². The van der Waals surface area contributed by atoms with E-state index >= 15 is 0 Å². The predicted molar refractivity (Wildman–Crippen MR) is 157 cm³/mol. The molecule has 5 aromatic rings. The molecule has 1 aliphatic carbocycles. The third kappa shape index (κ3) is 5.17. The van der Waals surface area contributed by atoms with E-state index in [1.165, 1.54) is 19.2 Å². The summed E-state index contributed by atoms with van der Waals surface area (Å²) < 4.78 is 32.5. The van der Waals surface area contributed by atoms with E-state index in [0.29, 0.717) is 70.5 Å². The predicted octanol–water partition coefficient (Wildman–Crippen LogP) is 4.44. The molecule has 0 spiro atoms. The molecule has 3 aromatic heterocycles. The first-order valence-electron chi connectivity index (χ1n) is 13.8. The van der Waals surface area contributed by atoms with Crippen molar-refractivity contribution in [2.45, 2.75) is 50.4 Å². The van der Waals surface area contributed by atoms with Crippen LogP contribution in [0.2, 0.25) is 0 Å². The molecule has 1 aliphatic rings. The van der Waals surface area contributed by atoms with Gasteiger partial charge in [0.25, 0.3) is 0 Å². The van der Waals surface area contributed by atoms with Crippen molar-refractivity contribution in [1.29, 1.82) is 0 Å². The number of methoxy groups -OCH3 is 3. The molecule has 0 radical (unpaired) electrons. The van der Waals surface area contributed by atoms with E-state index in [2.05, 4.69) is 10.3 Å². The molecular formula is C31H33FN6O5. The molecule has 1 fully saturated rings. The van der Waals surface area contributed by atoms with Gasteiger partial charge in [0, 0.05) is 41.9 Å². The Labute approximate surface area is 247 Å². The van der Waals surface area contributed by atoms with E-state index in [1.54, 1.807) is 57.0 Å². The molecule has 3 N–H and O–H groups in total. The molecule has 0 amide bonds. The number of ether oxygens (including phenoxy) is 3. The molecule has 3 heterocycles. The Bertz CT molecular complexity index is 1810. The molecule has 6 rings (SSSR count). The largest absolute Gasteiger partial charge is 0.497 e. The highest BCUT2D eigenvalue weighted by Gasteiger charge is 2.47. The second kappa shape index (κ2) is 10.6. The maximum absolute atomic E-state index is 14.6. The second-order valence-corrected chi connectivity index (χ2v) is 11.3. The van der Waals surface area contributed by atoms with E-state index < -0.39 is 17.0 Å². The lowest BCUT2D eigenvalue weighted by atomic mass is 9.67. The van der Waals surface area contributed by atoms with Crippen LogP contribution in [0.4, 0.5) is 10.3 Å². The lowest BCUT2D eigenvalue weighted by molar-refractivity contribution is -0.0573. The fourth-order valence-electron chi connectivity index (χ4n) is 5.48. The number of fused-ring (bicyclic) bond motifs is 3. The maximum atomic E-state index is 14.6. The van der Waals surface area contributed by atoms with Gasteiger partial charge < -0.3 is 29.7 Å². The van der Waals surface area contributed by atoms with Gasteiger partial charge in [-0.1, -0.05) is 6.07 Å². The molecule has 2 aromatic carbocycles. The van der Waals surface area contributed by atoms with Crippen molar-refractivity contribution in [3.05, 3.63) is 77.1 Å². The van der Waals surface area contributed by atoms with Crippen molar-refractivity contribution < 1.29 is 28.8 Å². The average Bonchev–Trinajstić information content (AvgIpc) is 3.43. The van der Waals surface area contributed by atoms with Gasteiger partial charge in [-0.15, -0.1) is 5.10 Å². The minimum Gasteiger partial charge on any atom is -0.497 e. The number of anilines is 1. The number of rotatable bonds is 9. The summed E-state index contributed by atoms with van der Waals surface area (Å²) in [6, 6.07) is 11.7. The highest BCUT2D eigenvalue weighted by Crippen LogP contribution is 2.50. The van der Waals surface area contributed by atoms with Crippen LogP contribution < -0.4 is 19.5 Å². The average molecular weight is 589 g/mol. The number of nitrogens with zero attached hydrogens (tertiary/aromatic N) is 5. The third-order valence-corrected chi connectivity index (χ3v) is 7.93. The molecule has 0 atom stereocenters. The Morgan fingerprint density at radius 1 is 1.02 bits per heavy atom. The van der Waals surface area contributed by atoms with Crippen LogP contribution in [-0.4, -0.2) is 56.1 Å². The number of hydrogen-bond acceptors (Lipinski definition) is 10.